The first kappa shape index (κ1) is 11.7. The highest BCUT2D eigenvalue weighted by molar-refractivity contribution is 6.01. The molecular weight excluding hydrogens is 225 g/mol. The van der Waals surface area contributed by atoms with Gasteiger partial charge in [-0.2, -0.15) is 0 Å². The molecule has 0 N–H and O–H groups in total. The third-order valence-electron chi connectivity index (χ3n) is 2.71. The number of rotatable bonds is 4. The summed E-state index contributed by atoms with van der Waals surface area (Å²) >= 11 is 0. The molecule has 0 aromatic carbocycles. The van der Waals surface area contributed by atoms with E-state index < -0.39 is 23.4 Å². The number of pyridine rings is 1. The molecule has 90 valence electrons. The lowest BCUT2D eigenvalue weighted by molar-refractivity contribution is -0.144. The fraction of sp³-hybridized carbons (Fsp3) is 0.417. The van der Waals surface area contributed by atoms with Crippen LogP contribution < -0.4 is 0 Å². The monoisotopic (exact) mass is 237 g/mol. The number of halogens is 1. The van der Waals surface area contributed by atoms with Crippen LogP contribution in [0.4, 0.5) is 4.39 Å². The second kappa shape index (κ2) is 4.61. The quantitative estimate of drug-likeness (QED) is 0.589. The molecule has 4 nitrogen and oxygen atoms in total. The summed E-state index contributed by atoms with van der Waals surface area (Å²) in [6.45, 7) is 1.99. The molecule has 0 bridgehead atoms. The average Bonchev–Trinajstić information content (AvgIpc) is 3.09. The van der Waals surface area contributed by atoms with E-state index in [1.165, 1.54) is 18.3 Å². The fourth-order valence-electron chi connectivity index (χ4n) is 1.74. The van der Waals surface area contributed by atoms with Crippen molar-refractivity contribution >= 4 is 11.8 Å². The van der Waals surface area contributed by atoms with Gasteiger partial charge in [-0.05, 0) is 25.5 Å². The lowest BCUT2D eigenvalue weighted by Crippen LogP contribution is -2.13. The van der Waals surface area contributed by atoms with Gasteiger partial charge in [-0.1, -0.05) is 0 Å². The van der Waals surface area contributed by atoms with E-state index in [0.717, 1.165) is 0 Å². The molecule has 0 spiro atoms. The number of carbonyl (C=O) groups is 2. The van der Waals surface area contributed by atoms with Crippen molar-refractivity contribution in [2.24, 2.45) is 11.8 Å². The van der Waals surface area contributed by atoms with Crippen molar-refractivity contribution in [2.75, 3.05) is 6.61 Å². The highest BCUT2D eigenvalue weighted by Gasteiger charge is 2.50. The summed E-state index contributed by atoms with van der Waals surface area (Å²) in [6, 6.07) is 2.60. The minimum atomic E-state index is -0.646. The maximum absolute atomic E-state index is 13.3. The van der Waals surface area contributed by atoms with E-state index in [0.29, 0.717) is 6.42 Å². The number of ketones is 1. The fourth-order valence-corrected chi connectivity index (χ4v) is 1.74. The normalized spacial score (nSPS) is 22.0. The van der Waals surface area contributed by atoms with Gasteiger partial charge in [0.05, 0.1) is 12.5 Å². The molecule has 1 aliphatic carbocycles. The number of aromatic nitrogens is 1. The molecular formula is C12H12FNO3. The standard InChI is InChI=1S/C12H12FNO3/c1-2-17-12(16)8-6-7(8)11(15)10-9(13)4-3-5-14-10/h3-5,7-8H,2,6H2,1H3. The Morgan fingerprint density at radius 1 is 1.53 bits per heavy atom. The van der Waals surface area contributed by atoms with E-state index in [-0.39, 0.29) is 18.3 Å². The second-order valence-corrected chi connectivity index (χ2v) is 3.90. The largest absolute Gasteiger partial charge is 0.466 e. The number of nitrogens with zero attached hydrogens (tertiary/aromatic N) is 1. The Hall–Kier alpha value is -1.78. The van der Waals surface area contributed by atoms with Crippen molar-refractivity contribution in [1.82, 2.24) is 4.98 Å². The van der Waals surface area contributed by atoms with Crippen molar-refractivity contribution in [1.29, 1.82) is 0 Å². The maximum atomic E-state index is 13.3. The molecule has 2 rings (SSSR count). The summed E-state index contributed by atoms with van der Waals surface area (Å²) in [7, 11) is 0. The minimum absolute atomic E-state index is 0.190. The Morgan fingerprint density at radius 3 is 2.94 bits per heavy atom. The van der Waals surface area contributed by atoms with Gasteiger partial charge < -0.3 is 4.74 Å². The molecule has 2 atom stereocenters. The number of carbonyl (C=O) groups excluding carboxylic acids is 2. The highest BCUT2D eigenvalue weighted by atomic mass is 19.1. The van der Waals surface area contributed by atoms with Crippen molar-refractivity contribution in [3.8, 4) is 0 Å². The van der Waals surface area contributed by atoms with E-state index in [1.54, 1.807) is 6.92 Å². The van der Waals surface area contributed by atoms with Crippen LogP contribution in [0.1, 0.15) is 23.8 Å². The van der Waals surface area contributed by atoms with Crippen LogP contribution in [0.5, 0.6) is 0 Å². The van der Waals surface area contributed by atoms with Crippen molar-refractivity contribution < 1.29 is 18.7 Å². The summed E-state index contributed by atoms with van der Waals surface area (Å²) in [6.07, 6.45) is 1.78. The third kappa shape index (κ3) is 2.33. The Balaban J connectivity index is 2.05. The van der Waals surface area contributed by atoms with Crippen LogP contribution >= 0.6 is 0 Å². The SMILES string of the molecule is CCOC(=O)C1CC1C(=O)c1ncccc1F. The van der Waals surface area contributed by atoms with Gasteiger partial charge in [0, 0.05) is 12.1 Å². The molecule has 0 saturated heterocycles. The molecule has 2 unspecified atom stereocenters. The van der Waals surface area contributed by atoms with Crippen LogP contribution in [0.3, 0.4) is 0 Å². The minimum Gasteiger partial charge on any atom is -0.466 e. The zero-order chi connectivity index (χ0) is 12.4. The topological polar surface area (TPSA) is 56.3 Å². The average molecular weight is 237 g/mol. The maximum Gasteiger partial charge on any atom is 0.309 e. The van der Waals surface area contributed by atoms with Gasteiger partial charge in [0.25, 0.3) is 0 Å². The van der Waals surface area contributed by atoms with Crippen LogP contribution in [-0.2, 0) is 9.53 Å². The summed E-state index contributed by atoms with van der Waals surface area (Å²) in [5, 5.41) is 0. The van der Waals surface area contributed by atoms with E-state index in [2.05, 4.69) is 4.98 Å². The molecule has 1 aromatic heterocycles. The Labute approximate surface area is 97.8 Å². The first-order chi connectivity index (χ1) is 8.15. The van der Waals surface area contributed by atoms with Gasteiger partial charge in [0.15, 0.2) is 11.6 Å². The number of Topliss-reactive ketones (excluding diaryl/α,β-unsaturated/α-hetero) is 1. The molecule has 1 heterocycles. The second-order valence-electron chi connectivity index (χ2n) is 3.90. The summed E-state index contributed by atoms with van der Waals surface area (Å²) in [5.74, 6) is -2.35. The Morgan fingerprint density at radius 2 is 2.29 bits per heavy atom. The van der Waals surface area contributed by atoms with Crippen molar-refractivity contribution in [3.05, 3.63) is 29.8 Å². The van der Waals surface area contributed by atoms with Gasteiger partial charge in [0.1, 0.15) is 5.69 Å². The van der Waals surface area contributed by atoms with Crippen LogP contribution in [0.25, 0.3) is 0 Å². The van der Waals surface area contributed by atoms with Crippen LogP contribution in [0.15, 0.2) is 18.3 Å². The lowest BCUT2D eigenvalue weighted by atomic mass is 10.1. The van der Waals surface area contributed by atoms with Crippen LogP contribution in [0, 0.1) is 17.7 Å². The van der Waals surface area contributed by atoms with Gasteiger partial charge in [-0.15, -0.1) is 0 Å². The number of esters is 1. The molecule has 1 aromatic rings. The van der Waals surface area contributed by atoms with Crippen molar-refractivity contribution in [3.63, 3.8) is 0 Å². The van der Waals surface area contributed by atoms with E-state index in [9.17, 15) is 14.0 Å². The van der Waals surface area contributed by atoms with E-state index in [4.69, 9.17) is 4.74 Å². The zero-order valence-corrected chi connectivity index (χ0v) is 9.35. The smallest absolute Gasteiger partial charge is 0.309 e. The van der Waals surface area contributed by atoms with Crippen molar-refractivity contribution in [2.45, 2.75) is 13.3 Å². The highest BCUT2D eigenvalue weighted by Crippen LogP contribution is 2.41. The molecule has 0 amide bonds. The summed E-state index contributed by atoms with van der Waals surface area (Å²) < 4.78 is 18.1. The molecule has 0 aliphatic heterocycles. The van der Waals surface area contributed by atoms with E-state index >= 15 is 0 Å². The predicted octanol–water partition coefficient (Wildman–Crippen LogP) is 1.60. The zero-order valence-electron chi connectivity index (χ0n) is 9.35. The van der Waals surface area contributed by atoms with Crippen LogP contribution in [-0.4, -0.2) is 23.3 Å². The first-order valence-electron chi connectivity index (χ1n) is 5.46. The van der Waals surface area contributed by atoms with E-state index in [1.807, 2.05) is 0 Å². The number of ether oxygens (including phenoxy) is 1. The summed E-state index contributed by atoms with van der Waals surface area (Å²) in [5.41, 5.74) is -0.190. The predicted molar refractivity (Wildman–Crippen MR) is 56.8 cm³/mol. The van der Waals surface area contributed by atoms with Gasteiger partial charge in [0.2, 0.25) is 0 Å². The van der Waals surface area contributed by atoms with Gasteiger partial charge in [-0.25, -0.2) is 4.39 Å². The molecule has 0 radical (unpaired) electrons. The first-order valence-corrected chi connectivity index (χ1v) is 5.46. The molecule has 1 aliphatic rings. The van der Waals surface area contributed by atoms with Gasteiger partial charge >= 0.3 is 5.97 Å². The number of hydrogen-bond donors (Lipinski definition) is 0. The summed E-state index contributed by atoms with van der Waals surface area (Å²) in [4.78, 5) is 26.9. The number of hydrogen-bond acceptors (Lipinski definition) is 4. The Bertz CT molecular complexity index is 461. The molecule has 1 saturated carbocycles. The molecule has 5 heteroatoms. The van der Waals surface area contributed by atoms with Gasteiger partial charge in [-0.3, -0.25) is 14.6 Å². The lowest BCUT2D eigenvalue weighted by Gasteiger charge is -2.01. The van der Waals surface area contributed by atoms with Crippen LogP contribution in [0.2, 0.25) is 0 Å². The molecule has 17 heavy (non-hydrogen) atoms. The third-order valence-corrected chi connectivity index (χ3v) is 2.71. The molecule has 1 fully saturated rings. The Kier molecular flexibility index (Phi) is 3.17.